The molecule has 76 valence electrons. The van der Waals surface area contributed by atoms with Crippen LogP contribution >= 0.6 is 27.7 Å². The fourth-order valence-corrected chi connectivity index (χ4v) is 2.88. The fraction of sp³-hybridized carbons (Fsp3) is 0.400. The van der Waals surface area contributed by atoms with Gasteiger partial charge < -0.3 is 5.32 Å². The first kappa shape index (κ1) is 10.3. The monoisotopic (exact) mass is 275 g/mol. The highest BCUT2D eigenvalue weighted by Gasteiger charge is 2.26. The van der Waals surface area contributed by atoms with Gasteiger partial charge in [0.15, 0.2) is 0 Å². The summed E-state index contributed by atoms with van der Waals surface area (Å²) >= 11 is 4.89. The Morgan fingerprint density at radius 2 is 2.21 bits per heavy atom. The maximum atomic E-state index is 13.3. The molecule has 1 heterocycles. The molecular formula is C10H11BrFNS. The van der Waals surface area contributed by atoms with E-state index in [2.05, 4.69) is 35.1 Å². The highest BCUT2D eigenvalue weighted by molar-refractivity contribution is 9.10. The van der Waals surface area contributed by atoms with Crippen LogP contribution in [-0.4, -0.2) is 11.3 Å². The van der Waals surface area contributed by atoms with Gasteiger partial charge in [-0.2, -0.15) is 0 Å². The van der Waals surface area contributed by atoms with Gasteiger partial charge in [-0.05, 0) is 41.9 Å². The lowest BCUT2D eigenvalue weighted by Gasteiger charge is -2.31. The van der Waals surface area contributed by atoms with Crippen LogP contribution in [0.2, 0.25) is 0 Å². The van der Waals surface area contributed by atoms with E-state index in [1.54, 1.807) is 23.9 Å². The van der Waals surface area contributed by atoms with Crippen molar-refractivity contribution in [1.82, 2.24) is 0 Å². The predicted octanol–water partition coefficient (Wildman–Crippen LogP) is 3.88. The van der Waals surface area contributed by atoms with Crippen molar-refractivity contribution < 1.29 is 4.39 Å². The van der Waals surface area contributed by atoms with E-state index in [4.69, 9.17) is 0 Å². The molecule has 0 spiro atoms. The average molecular weight is 276 g/mol. The fourth-order valence-electron chi connectivity index (χ4n) is 1.39. The maximum absolute atomic E-state index is 13.3. The van der Waals surface area contributed by atoms with Gasteiger partial charge >= 0.3 is 0 Å². The quantitative estimate of drug-likeness (QED) is 0.771. The van der Waals surface area contributed by atoms with Crippen LogP contribution in [0.3, 0.4) is 0 Å². The molecule has 1 aromatic carbocycles. The zero-order valence-electron chi connectivity index (χ0n) is 8.03. The predicted molar refractivity (Wildman–Crippen MR) is 62.5 cm³/mol. The second-order valence-corrected chi connectivity index (χ2v) is 6.58. The molecule has 0 bridgehead atoms. The minimum absolute atomic E-state index is 0.132. The van der Waals surface area contributed by atoms with Crippen LogP contribution in [-0.2, 0) is 0 Å². The standard InChI is InChI=1S/C10H11BrFNS/c1-10(2)5-13-8-3-6(11)7(12)4-9(8)14-10/h3-4,13H,5H2,1-2H3. The second-order valence-electron chi connectivity index (χ2n) is 3.98. The van der Waals surface area contributed by atoms with Crippen molar-refractivity contribution in [2.24, 2.45) is 0 Å². The molecule has 1 aromatic rings. The topological polar surface area (TPSA) is 12.0 Å². The van der Waals surface area contributed by atoms with Crippen molar-refractivity contribution in [1.29, 1.82) is 0 Å². The summed E-state index contributed by atoms with van der Waals surface area (Å²) in [5, 5.41) is 3.30. The van der Waals surface area contributed by atoms with E-state index in [0.29, 0.717) is 4.47 Å². The van der Waals surface area contributed by atoms with Gasteiger partial charge in [0.25, 0.3) is 0 Å². The van der Waals surface area contributed by atoms with Crippen molar-refractivity contribution in [3.8, 4) is 0 Å². The van der Waals surface area contributed by atoms with E-state index < -0.39 is 0 Å². The summed E-state index contributed by atoms with van der Waals surface area (Å²) < 4.78 is 13.9. The second kappa shape index (κ2) is 3.42. The van der Waals surface area contributed by atoms with Crippen LogP contribution in [0.15, 0.2) is 21.5 Å². The number of halogens is 2. The van der Waals surface area contributed by atoms with E-state index >= 15 is 0 Å². The summed E-state index contributed by atoms with van der Waals surface area (Å²) in [5.41, 5.74) is 1.02. The lowest BCUT2D eigenvalue weighted by atomic mass is 10.2. The molecule has 1 aliphatic rings. The molecule has 1 N–H and O–H groups in total. The third-order valence-electron chi connectivity index (χ3n) is 2.11. The number of benzene rings is 1. The number of anilines is 1. The van der Waals surface area contributed by atoms with Gasteiger partial charge in [-0.25, -0.2) is 4.39 Å². The molecule has 0 atom stereocenters. The van der Waals surface area contributed by atoms with E-state index in [-0.39, 0.29) is 10.6 Å². The molecule has 0 saturated heterocycles. The first-order valence-electron chi connectivity index (χ1n) is 4.40. The van der Waals surface area contributed by atoms with Crippen LogP contribution in [0.5, 0.6) is 0 Å². The summed E-state index contributed by atoms with van der Waals surface area (Å²) in [6.07, 6.45) is 0. The first-order chi connectivity index (χ1) is 6.48. The Kier molecular flexibility index (Phi) is 2.52. The molecule has 0 saturated carbocycles. The van der Waals surface area contributed by atoms with Crippen molar-refractivity contribution >= 4 is 33.4 Å². The van der Waals surface area contributed by atoms with Crippen molar-refractivity contribution in [2.45, 2.75) is 23.5 Å². The van der Waals surface area contributed by atoms with Gasteiger partial charge in [0.05, 0.1) is 4.47 Å². The van der Waals surface area contributed by atoms with Gasteiger partial charge in [-0.3, -0.25) is 0 Å². The van der Waals surface area contributed by atoms with E-state index in [9.17, 15) is 4.39 Å². The van der Waals surface area contributed by atoms with Crippen LogP contribution < -0.4 is 5.32 Å². The molecule has 2 rings (SSSR count). The number of thioether (sulfide) groups is 1. The average Bonchev–Trinajstić information content (AvgIpc) is 2.07. The Hall–Kier alpha value is -0.220. The Balaban J connectivity index is 2.43. The molecule has 0 aliphatic carbocycles. The van der Waals surface area contributed by atoms with Crippen LogP contribution in [0, 0.1) is 5.82 Å². The van der Waals surface area contributed by atoms with E-state index in [1.807, 2.05) is 0 Å². The summed E-state index contributed by atoms with van der Waals surface area (Å²) in [5.74, 6) is -0.198. The largest absolute Gasteiger partial charge is 0.383 e. The molecule has 4 heteroatoms. The molecule has 14 heavy (non-hydrogen) atoms. The van der Waals surface area contributed by atoms with Gasteiger partial charge in [-0.1, -0.05) is 0 Å². The molecular weight excluding hydrogens is 265 g/mol. The van der Waals surface area contributed by atoms with Crippen LogP contribution in [0.25, 0.3) is 0 Å². The zero-order chi connectivity index (χ0) is 10.3. The summed E-state index contributed by atoms with van der Waals surface area (Å²) in [4.78, 5) is 0.988. The van der Waals surface area contributed by atoms with Crippen LogP contribution in [0.4, 0.5) is 10.1 Å². The first-order valence-corrected chi connectivity index (χ1v) is 6.01. The zero-order valence-corrected chi connectivity index (χ0v) is 10.4. The molecule has 0 unspecified atom stereocenters. The lowest BCUT2D eigenvalue weighted by molar-refractivity contribution is 0.616. The molecule has 0 fully saturated rings. The number of nitrogens with one attached hydrogen (secondary N) is 1. The molecule has 0 aromatic heterocycles. The molecule has 1 aliphatic heterocycles. The smallest absolute Gasteiger partial charge is 0.138 e. The Labute approximate surface area is 95.6 Å². The number of hydrogen-bond donors (Lipinski definition) is 1. The van der Waals surface area contributed by atoms with Gasteiger partial charge in [-0.15, -0.1) is 11.8 Å². The minimum atomic E-state index is -0.198. The van der Waals surface area contributed by atoms with Gasteiger partial charge in [0, 0.05) is 21.9 Å². The SMILES string of the molecule is CC1(C)CNc2cc(Br)c(F)cc2S1. The molecule has 0 radical (unpaired) electrons. The molecule has 0 amide bonds. The van der Waals surface area contributed by atoms with Crippen molar-refractivity contribution in [3.63, 3.8) is 0 Å². The summed E-state index contributed by atoms with van der Waals surface area (Å²) in [6, 6.07) is 3.38. The van der Waals surface area contributed by atoms with Gasteiger partial charge in [0.1, 0.15) is 5.82 Å². The summed E-state index contributed by atoms with van der Waals surface area (Å²) in [7, 11) is 0. The van der Waals surface area contributed by atoms with E-state index in [1.165, 1.54) is 0 Å². The third-order valence-corrected chi connectivity index (χ3v) is 3.98. The maximum Gasteiger partial charge on any atom is 0.138 e. The Bertz CT molecular complexity index is 379. The number of rotatable bonds is 0. The highest BCUT2D eigenvalue weighted by Crippen LogP contribution is 2.42. The van der Waals surface area contributed by atoms with Crippen molar-refractivity contribution in [2.75, 3.05) is 11.9 Å². The molecule has 1 nitrogen and oxygen atoms in total. The highest BCUT2D eigenvalue weighted by atomic mass is 79.9. The lowest BCUT2D eigenvalue weighted by Crippen LogP contribution is -2.30. The van der Waals surface area contributed by atoms with Crippen LogP contribution in [0.1, 0.15) is 13.8 Å². The number of hydrogen-bond acceptors (Lipinski definition) is 2. The van der Waals surface area contributed by atoms with Gasteiger partial charge in [0.2, 0.25) is 0 Å². The third kappa shape index (κ3) is 1.91. The Morgan fingerprint density at radius 1 is 1.50 bits per heavy atom. The normalized spacial score (nSPS) is 18.6. The van der Waals surface area contributed by atoms with Crippen molar-refractivity contribution in [3.05, 3.63) is 22.4 Å². The minimum Gasteiger partial charge on any atom is -0.383 e. The van der Waals surface area contributed by atoms with E-state index in [0.717, 1.165) is 17.1 Å². The summed E-state index contributed by atoms with van der Waals surface area (Å²) in [6.45, 7) is 5.20. The number of fused-ring (bicyclic) bond motifs is 1. The Morgan fingerprint density at radius 3 is 2.93 bits per heavy atom.